The molecule has 0 rings (SSSR count). The molecule has 0 aromatic carbocycles. The van der Waals surface area contributed by atoms with E-state index in [1.54, 1.807) is 0 Å². The Kier molecular flexibility index (Phi) is 9.30. The van der Waals surface area contributed by atoms with Gasteiger partial charge in [-0.05, 0) is 25.3 Å². The van der Waals surface area contributed by atoms with E-state index in [0.29, 0.717) is 24.8 Å². The molecule has 0 aromatic heterocycles. The number of hydrogen-bond donors (Lipinski definition) is 1. The third-order valence-corrected chi connectivity index (χ3v) is 2.56. The first kappa shape index (κ1) is 15.4. The summed E-state index contributed by atoms with van der Waals surface area (Å²) in [4.78, 5) is 13.9. The van der Waals surface area contributed by atoms with Crippen molar-refractivity contribution in [1.29, 1.82) is 0 Å². The quantitative estimate of drug-likeness (QED) is 0.616. The van der Waals surface area contributed by atoms with E-state index in [9.17, 15) is 4.79 Å². The molecule has 96 valence electrons. The second kappa shape index (κ2) is 9.64. The maximum Gasteiger partial charge on any atom is 0.222 e. The topological polar surface area (TPSA) is 46.3 Å². The zero-order chi connectivity index (χ0) is 12.4. The third kappa shape index (κ3) is 7.69. The lowest BCUT2D eigenvalue weighted by Crippen LogP contribution is -2.35. The van der Waals surface area contributed by atoms with E-state index in [0.717, 1.165) is 32.4 Å². The molecule has 0 saturated carbocycles. The molecule has 0 bridgehead atoms. The molecule has 0 fully saturated rings. The van der Waals surface area contributed by atoms with Crippen LogP contribution in [0.2, 0.25) is 0 Å². The van der Waals surface area contributed by atoms with E-state index < -0.39 is 0 Å². The number of carbonyl (C=O) groups is 1. The van der Waals surface area contributed by atoms with Crippen LogP contribution in [0.25, 0.3) is 0 Å². The van der Waals surface area contributed by atoms with Crippen LogP contribution in [-0.2, 0) is 4.79 Å². The summed E-state index contributed by atoms with van der Waals surface area (Å²) >= 11 is 0. The lowest BCUT2D eigenvalue weighted by atomic mass is 10.1. The van der Waals surface area contributed by atoms with E-state index in [1.807, 2.05) is 4.90 Å². The Balaban J connectivity index is 3.99. The van der Waals surface area contributed by atoms with Crippen molar-refractivity contribution in [3.63, 3.8) is 0 Å². The van der Waals surface area contributed by atoms with Gasteiger partial charge in [0.1, 0.15) is 0 Å². The molecule has 0 radical (unpaired) electrons. The lowest BCUT2D eigenvalue weighted by molar-refractivity contribution is -0.131. The van der Waals surface area contributed by atoms with Crippen molar-refractivity contribution in [2.45, 2.75) is 52.9 Å². The Morgan fingerprint density at radius 3 is 2.44 bits per heavy atom. The van der Waals surface area contributed by atoms with Crippen LogP contribution in [0.1, 0.15) is 52.9 Å². The van der Waals surface area contributed by atoms with Crippen LogP contribution >= 0.6 is 0 Å². The second-order valence-corrected chi connectivity index (χ2v) is 4.83. The molecule has 0 heterocycles. The summed E-state index contributed by atoms with van der Waals surface area (Å²) in [6.45, 7) is 8.80. The Morgan fingerprint density at radius 1 is 1.25 bits per heavy atom. The lowest BCUT2D eigenvalue weighted by Gasteiger charge is -2.24. The van der Waals surface area contributed by atoms with Crippen molar-refractivity contribution in [3.05, 3.63) is 0 Å². The van der Waals surface area contributed by atoms with Gasteiger partial charge in [0.15, 0.2) is 0 Å². The van der Waals surface area contributed by atoms with Crippen LogP contribution in [0, 0.1) is 5.92 Å². The monoisotopic (exact) mass is 228 g/mol. The molecule has 0 aliphatic rings. The first-order chi connectivity index (χ1) is 7.61. The van der Waals surface area contributed by atoms with Gasteiger partial charge in [0, 0.05) is 19.5 Å². The summed E-state index contributed by atoms with van der Waals surface area (Å²) in [6.07, 6.45) is 4.95. The molecule has 2 N–H and O–H groups in total. The van der Waals surface area contributed by atoms with E-state index in [1.165, 1.54) is 6.42 Å². The maximum atomic E-state index is 11.9. The fraction of sp³-hybridized carbons (Fsp3) is 0.923. The first-order valence-corrected chi connectivity index (χ1v) is 6.59. The van der Waals surface area contributed by atoms with Gasteiger partial charge in [-0.1, -0.05) is 33.6 Å². The van der Waals surface area contributed by atoms with Crippen molar-refractivity contribution < 1.29 is 4.79 Å². The standard InChI is InChI=1S/C13H28N2O/c1-4-5-6-8-13(16)15(10-7-9-14)11-12(2)3/h12H,4-11,14H2,1-3H3. The van der Waals surface area contributed by atoms with Crippen LogP contribution in [0.5, 0.6) is 0 Å². The molecule has 0 aliphatic carbocycles. The van der Waals surface area contributed by atoms with E-state index in [2.05, 4.69) is 20.8 Å². The predicted octanol–water partition coefficient (Wildman–Crippen LogP) is 2.40. The van der Waals surface area contributed by atoms with Gasteiger partial charge in [-0.15, -0.1) is 0 Å². The Morgan fingerprint density at radius 2 is 1.94 bits per heavy atom. The molecule has 0 aromatic rings. The van der Waals surface area contributed by atoms with Crippen LogP contribution in [0.15, 0.2) is 0 Å². The molecule has 16 heavy (non-hydrogen) atoms. The smallest absolute Gasteiger partial charge is 0.222 e. The maximum absolute atomic E-state index is 11.9. The van der Waals surface area contributed by atoms with Gasteiger partial charge in [-0.3, -0.25) is 4.79 Å². The first-order valence-electron chi connectivity index (χ1n) is 6.59. The molecule has 0 unspecified atom stereocenters. The SMILES string of the molecule is CCCCCC(=O)N(CCCN)CC(C)C. The Hall–Kier alpha value is -0.570. The highest BCUT2D eigenvalue weighted by molar-refractivity contribution is 5.76. The molecule has 0 aliphatic heterocycles. The highest BCUT2D eigenvalue weighted by Crippen LogP contribution is 2.06. The van der Waals surface area contributed by atoms with Crippen LogP contribution in [0.3, 0.4) is 0 Å². The summed E-state index contributed by atoms with van der Waals surface area (Å²) in [5.74, 6) is 0.837. The van der Waals surface area contributed by atoms with Crippen molar-refractivity contribution >= 4 is 5.91 Å². The van der Waals surface area contributed by atoms with Crippen molar-refractivity contribution in [2.75, 3.05) is 19.6 Å². The van der Waals surface area contributed by atoms with Crippen molar-refractivity contribution in [1.82, 2.24) is 4.90 Å². The number of hydrogen-bond acceptors (Lipinski definition) is 2. The summed E-state index contributed by atoms with van der Waals surface area (Å²) in [7, 11) is 0. The molecule has 0 spiro atoms. The second-order valence-electron chi connectivity index (χ2n) is 4.83. The number of nitrogens with two attached hydrogens (primary N) is 1. The number of rotatable bonds is 9. The number of unbranched alkanes of at least 4 members (excludes halogenated alkanes) is 2. The van der Waals surface area contributed by atoms with Gasteiger partial charge in [0.25, 0.3) is 0 Å². The zero-order valence-corrected chi connectivity index (χ0v) is 11.2. The van der Waals surface area contributed by atoms with Gasteiger partial charge in [0.05, 0.1) is 0 Å². The van der Waals surface area contributed by atoms with Gasteiger partial charge in [0.2, 0.25) is 5.91 Å². The summed E-state index contributed by atoms with van der Waals surface area (Å²) in [5, 5.41) is 0. The molecular formula is C13H28N2O. The molecule has 0 saturated heterocycles. The zero-order valence-electron chi connectivity index (χ0n) is 11.2. The number of amides is 1. The fourth-order valence-corrected chi connectivity index (χ4v) is 1.73. The average molecular weight is 228 g/mol. The highest BCUT2D eigenvalue weighted by Gasteiger charge is 2.13. The van der Waals surface area contributed by atoms with Crippen LogP contribution in [-0.4, -0.2) is 30.4 Å². The molecule has 3 heteroatoms. The van der Waals surface area contributed by atoms with Gasteiger partial charge < -0.3 is 10.6 Å². The van der Waals surface area contributed by atoms with Crippen LogP contribution < -0.4 is 5.73 Å². The Labute approximate surface area is 100 Å². The highest BCUT2D eigenvalue weighted by atomic mass is 16.2. The largest absolute Gasteiger partial charge is 0.342 e. The number of nitrogens with zero attached hydrogens (tertiary/aromatic N) is 1. The van der Waals surface area contributed by atoms with Crippen molar-refractivity contribution in [3.8, 4) is 0 Å². The molecule has 1 amide bonds. The predicted molar refractivity (Wildman–Crippen MR) is 69.2 cm³/mol. The molecule has 0 atom stereocenters. The van der Waals surface area contributed by atoms with Gasteiger partial charge in [-0.2, -0.15) is 0 Å². The minimum Gasteiger partial charge on any atom is -0.342 e. The van der Waals surface area contributed by atoms with Gasteiger partial charge in [-0.25, -0.2) is 0 Å². The Bertz CT molecular complexity index is 181. The average Bonchev–Trinajstić information content (AvgIpc) is 2.23. The minimum absolute atomic E-state index is 0.301. The fourth-order valence-electron chi connectivity index (χ4n) is 1.73. The van der Waals surface area contributed by atoms with E-state index in [-0.39, 0.29) is 0 Å². The molecular weight excluding hydrogens is 200 g/mol. The number of carbonyl (C=O) groups excluding carboxylic acids is 1. The summed E-state index contributed by atoms with van der Waals surface area (Å²) in [5.41, 5.74) is 5.49. The summed E-state index contributed by atoms with van der Waals surface area (Å²) in [6, 6.07) is 0. The van der Waals surface area contributed by atoms with E-state index in [4.69, 9.17) is 5.73 Å². The normalized spacial score (nSPS) is 10.8. The van der Waals surface area contributed by atoms with E-state index >= 15 is 0 Å². The minimum atomic E-state index is 0.301. The van der Waals surface area contributed by atoms with Crippen molar-refractivity contribution in [2.24, 2.45) is 11.7 Å². The van der Waals surface area contributed by atoms with Crippen LogP contribution in [0.4, 0.5) is 0 Å². The van der Waals surface area contributed by atoms with Gasteiger partial charge >= 0.3 is 0 Å². The molecule has 3 nitrogen and oxygen atoms in total. The third-order valence-electron chi connectivity index (χ3n) is 2.56. The summed E-state index contributed by atoms with van der Waals surface area (Å²) < 4.78 is 0.